The third-order valence-corrected chi connectivity index (χ3v) is 6.12. The Hall–Kier alpha value is -3.45. The van der Waals surface area contributed by atoms with Crippen molar-refractivity contribution in [2.75, 3.05) is 11.4 Å². The van der Waals surface area contributed by atoms with E-state index in [4.69, 9.17) is 4.98 Å². The predicted molar refractivity (Wildman–Crippen MR) is 139 cm³/mol. The molecule has 0 spiro atoms. The summed E-state index contributed by atoms with van der Waals surface area (Å²) in [6.45, 7) is 4.60. The molecule has 0 unspecified atom stereocenters. The third-order valence-electron chi connectivity index (χ3n) is 5.59. The largest absolute Gasteiger partial charge is 0.352 e. The van der Waals surface area contributed by atoms with Gasteiger partial charge in [-0.25, -0.2) is 4.98 Å². The van der Waals surface area contributed by atoms with E-state index in [0.29, 0.717) is 18.5 Å². The summed E-state index contributed by atoms with van der Waals surface area (Å²) in [7, 11) is 0. The number of nitrogens with one attached hydrogen (secondary N) is 1. The van der Waals surface area contributed by atoms with Crippen molar-refractivity contribution in [2.45, 2.75) is 32.9 Å². The maximum Gasteiger partial charge on any atom is 0.251 e. The SMILES string of the molecule is CC(C)N(C(=O)Cn1c(CCNC(=O)c2ccc(Br)cc2)nc2ccccc21)c1ccccc1. The van der Waals surface area contributed by atoms with Gasteiger partial charge in [0, 0.05) is 34.7 Å². The third kappa shape index (κ3) is 5.37. The van der Waals surface area contributed by atoms with Gasteiger partial charge in [0.15, 0.2) is 0 Å². The van der Waals surface area contributed by atoms with Crippen molar-refractivity contribution >= 4 is 44.5 Å². The highest BCUT2D eigenvalue weighted by atomic mass is 79.9. The Morgan fingerprint density at radius 2 is 1.65 bits per heavy atom. The van der Waals surface area contributed by atoms with Crippen LogP contribution in [0.15, 0.2) is 83.3 Å². The molecule has 34 heavy (non-hydrogen) atoms. The maximum absolute atomic E-state index is 13.4. The number of anilines is 1. The Morgan fingerprint density at radius 1 is 0.971 bits per heavy atom. The molecule has 4 aromatic rings. The van der Waals surface area contributed by atoms with Gasteiger partial charge in [-0.3, -0.25) is 9.59 Å². The van der Waals surface area contributed by atoms with Crippen molar-refractivity contribution < 1.29 is 9.59 Å². The summed E-state index contributed by atoms with van der Waals surface area (Å²) < 4.78 is 2.88. The molecule has 0 aliphatic heterocycles. The van der Waals surface area contributed by atoms with Crippen LogP contribution in [0, 0.1) is 0 Å². The fourth-order valence-corrected chi connectivity index (χ4v) is 4.28. The molecule has 174 valence electrons. The van der Waals surface area contributed by atoms with Gasteiger partial charge in [0.1, 0.15) is 12.4 Å². The number of halogens is 1. The molecule has 0 aliphatic rings. The number of imidazole rings is 1. The van der Waals surface area contributed by atoms with Gasteiger partial charge in [-0.2, -0.15) is 0 Å². The number of nitrogens with zero attached hydrogens (tertiary/aromatic N) is 3. The standard InChI is InChI=1S/C27H27BrN4O2/c1-19(2)32(22-8-4-3-5-9-22)26(33)18-31-24-11-7-6-10-23(24)30-25(31)16-17-29-27(34)20-12-14-21(28)15-13-20/h3-15,19H,16-18H2,1-2H3,(H,29,34). The number of carbonyl (C=O) groups is 2. The topological polar surface area (TPSA) is 67.2 Å². The summed E-state index contributed by atoms with van der Waals surface area (Å²) >= 11 is 3.38. The molecule has 7 heteroatoms. The molecule has 1 aromatic heterocycles. The number of aromatic nitrogens is 2. The number of carbonyl (C=O) groups excluding carboxylic acids is 2. The van der Waals surface area contributed by atoms with Crippen molar-refractivity contribution in [2.24, 2.45) is 0 Å². The van der Waals surface area contributed by atoms with Crippen LogP contribution in [-0.2, 0) is 17.8 Å². The zero-order valence-corrected chi connectivity index (χ0v) is 20.8. The molecule has 3 aromatic carbocycles. The fraction of sp³-hybridized carbons (Fsp3) is 0.222. The summed E-state index contributed by atoms with van der Waals surface area (Å²) in [6, 6.07) is 24.7. The van der Waals surface area contributed by atoms with E-state index < -0.39 is 0 Å². The van der Waals surface area contributed by atoms with Crippen LogP contribution < -0.4 is 10.2 Å². The lowest BCUT2D eigenvalue weighted by Crippen LogP contribution is -2.39. The van der Waals surface area contributed by atoms with E-state index in [-0.39, 0.29) is 24.4 Å². The van der Waals surface area contributed by atoms with E-state index in [1.165, 1.54) is 0 Å². The number of amides is 2. The Bertz CT molecular complexity index is 1280. The molecule has 1 heterocycles. The first-order valence-electron chi connectivity index (χ1n) is 11.3. The number of rotatable bonds is 8. The molecule has 0 saturated heterocycles. The minimum Gasteiger partial charge on any atom is -0.352 e. The lowest BCUT2D eigenvalue weighted by Gasteiger charge is -2.27. The van der Waals surface area contributed by atoms with Crippen molar-refractivity contribution in [3.63, 3.8) is 0 Å². The average Bonchev–Trinajstić information content (AvgIpc) is 3.17. The van der Waals surface area contributed by atoms with E-state index in [1.54, 1.807) is 12.1 Å². The Morgan fingerprint density at radius 3 is 2.35 bits per heavy atom. The summed E-state index contributed by atoms with van der Waals surface area (Å²) in [5.74, 6) is 0.619. The molecular formula is C27H27BrN4O2. The molecule has 1 N–H and O–H groups in total. The number of hydrogen-bond acceptors (Lipinski definition) is 3. The van der Waals surface area contributed by atoms with Crippen LogP contribution in [0.25, 0.3) is 11.0 Å². The maximum atomic E-state index is 13.4. The highest BCUT2D eigenvalue weighted by Crippen LogP contribution is 2.21. The van der Waals surface area contributed by atoms with Crippen LogP contribution in [0.3, 0.4) is 0 Å². The highest BCUT2D eigenvalue weighted by Gasteiger charge is 2.22. The minimum atomic E-state index is -0.138. The molecule has 2 amide bonds. The van der Waals surface area contributed by atoms with E-state index in [1.807, 2.05) is 90.0 Å². The molecular weight excluding hydrogens is 492 g/mol. The van der Waals surface area contributed by atoms with Crippen molar-refractivity contribution in [1.29, 1.82) is 0 Å². The van der Waals surface area contributed by atoms with Gasteiger partial charge in [0.2, 0.25) is 5.91 Å². The lowest BCUT2D eigenvalue weighted by atomic mass is 10.2. The van der Waals surface area contributed by atoms with E-state index in [2.05, 4.69) is 21.2 Å². The second-order valence-electron chi connectivity index (χ2n) is 8.31. The predicted octanol–water partition coefficient (Wildman–Crippen LogP) is 5.21. The van der Waals surface area contributed by atoms with Gasteiger partial charge in [-0.1, -0.05) is 46.3 Å². The van der Waals surface area contributed by atoms with Crippen molar-refractivity contribution in [1.82, 2.24) is 14.9 Å². The van der Waals surface area contributed by atoms with Gasteiger partial charge in [0.05, 0.1) is 11.0 Å². The van der Waals surface area contributed by atoms with Gasteiger partial charge >= 0.3 is 0 Å². The second-order valence-corrected chi connectivity index (χ2v) is 9.22. The van der Waals surface area contributed by atoms with E-state index in [9.17, 15) is 9.59 Å². The molecule has 0 atom stereocenters. The smallest absolute Gasteiger partial charge is 0.251 e. The number of hydrogen-bond donors (Lipinski definition) is 1. The fourth-order valence-electron chi connectivity index (χ4n) is 4.01. The molecule has 6 nitrogen and oxygen atoms in total. The Kier molecular flexibility index (Phi) is 7.43. The molecule has 0 fully saturated rings. The summed E-state index contributed by atoms with van der Waals surface area (Å²) in [5.41, 5.74) is 3.21. The van der Waals surface area contributed by atoms with Crippen LogP contribution in [0.2, 0.25) is 0 Å². The second kappa shape index (κ2) is 10.7. The summed E-state index contributed by atoms with van der Waals surface area (Å²) in [4.78, 5) is 32.5. The van der Waals surface area contributed by atoms with Crippen molar-refractivity contribution in [3.8, 4) is 0 Å². The first-order valence-corrected chi connectivity index (χ1v) is 12.1. The monoisotopic (exact) mass is 518 g/mol. The molecule has 0 radical (unpaired) electrons. The average molecular weight is 519 g/mol. The van der Waals surface area contributed by atoms with Crippen molar-refractivity contribution in [3.05, 3.63) is 94.7 Å². The lowest BCUT2D eigenvalue weighted by molar-refractivity contribution is -0.119. The van der Waals surface area contributed by atoms with Gasteiger partial charge in [-0.15, -0.1) is 0 Å². The Labute approximate surface area is 207 Å². The van der Waals surface area contributed by atoms with E-state index >= 15 is 0 Å². The number of para-hydroxylation sites is 3. The van der Waals surface area contributed by atoms with Crippen LogP contribution in [-0.4, -0.2) is 34.0 Å². The van der Waals surface area contributed by atoms with Crippen LogP contribution in [0.4, 0.5) is 5.69 Å². The number of fused-ring (bicyclic) bond motifs is 1. The zero-order valence-electron chi connectivity index (χ0n) is 19.2. The van der Waals surface area contributed by atoms with Gasteiger partial charge in [-0.05, 0) is 62.4 Å². The van der Waals surface area contributed by atoms with Gasteiger partial charge < -0.3 is 14.8 Å². The Balaban J connectivity index is 1.53. The summed E-state index contributed by atoms with van der Waals surface area (Å²) in [5, 5.41) is 2.96. The van der Waals surface area contributed by atoms with Gasteiger partial charge in [0.25, 0.3) is 5.91 Å². The molecule has 0 saturated carbocycles. The molecule has 4 rings (SSSR count). The number of benzene rings is 3. The highest BCUT2D eigenvalue weighted by molar-refractivity contribution is 9.10. The van der Waals surface area contributed by atoms with Crippen LogP contribution in [0.1, 0.15) is 30.0 Å². The molecule has 0 bridgehead atoms. The molecule has 0 aliphatic carbocycles. The van der Waals surface area contributed by atoms with Crippen LogP contribution >= 0.6 is 15.9 Å². The quantitative estimate of drug-likeness (QED) is 0.348. The minimum absolute atomic E-state index is 0.00972. The van der Waals surface area contributed by atoms with E-state index in [0.717, 1.165) is 27.0 Å². The van der Waals surface area contributed by atoms with Crippen LogP contribution in [0.5, 0.6) is 0 Å². The summed E-state index contributed by atoms with van der Waals surface area (Å²) in [6.07, 6.45) is 0.511. The normalized spacial score (nSPS) is 11.1. The first kappa shape index (κ1) is 23.7. The first-order chi connectivity index (χ1) is 16.4. The zero-order chi connectivity index (χ0) is 24.1.